The average molecular weight is 362 g/mol. The number of aromatic nitrogens is 1. The molecule has 1 aromatic carbocycles. The Morgan fingerprint density at radius 2 is 2.12 bits per heavy atom. The molecule has 0 saturated carbocycles. The van der Waals surface area contributed by atoms with Gasteiger partial charge in [0, 0.05) is 37.8 Å². The van der Waals surface area contributed by atoms with E-state index in [2.05, 4.69) is 4.98 Å². The smallest absolute Gasteiger partial charge is 0.410 e. The highest BCUT2D eigenvalue weighted by molar-refractivity contribution is 5.77. The first-order valence-electron chi connectivity index (χ1n) is 8.43. The van der Waals surface area contributed by atoms with Gasteiger partial charge in [-0.05, 0) is 33.8 Å². The quantitative estimate of drug-likeness (QED) is 0.597. The van der Waals surface area contributed by atoms with E-state index in [4.69, 9.17) is 9.15 Å². The molecule has 0 aliphatic carbocycles. The zero-order valence-electron chi connectivity index (χ0n) is 15.3. The van der Waals surface area contributed by atoms with Crippen LogP contribution in [0.3, 0.4) is 0 Å². The molecule has 26 heavy (non-hydrogen) atoms. The average Bonchev–Trinajstić information content (AvgIpc) is 2.95. The van der Waals surface area contributed by atoms with Crippen LogP contribution in [0, 0.1) is 10.1 Å². The van der Waals surface area contributed by atoms with E-state index in [0.29, 0.717) is 36.7 Å². The lowest BCUT2D eigenvalue weighted by Crippen LogP contribution is -2.54. The van der Waals surface area contributed by atoms with Crippen LogP contribution in [0.15, 0.2) is 22.6 Å². The molecule has 1 aromatic heterocycles. The molecule has 2 aromatic rings. The monoisotopic (exact) mass is 362 g/mol. The van der Waals surface area contributed by atoms with Crippen LogP contribution < -0.4 is 4.90 Å². The number of amides is 1. The van der Waals surface area contributed by atoms with Crippen LogP contribution in [0.1, 0.15) is 27.7 Å². The number of carbonyl (C=O) groups excluding carboxylic acids is 1. The number of piperazine rings is 1. The minimum absolute atomic E-state index is 0.0276. The molecule has 1 fully saturated rings. The summed E-state index contributed by atoms with van der Waals surface area (Å²) < 4.78 is 11.2. The second-order valence-corrected chi connectivity index (χ2v) is 7.37. The van der Waals surface area contributed by atoms with Crippen molar-refractivity contribution in [2.75, 3.05) is 24.5 Å². The van der Waals surface area contributed by atoms with Crippen molar-refractivity contribution in [1.82, 2.24) is 9.88 Å². The maximum Gasteiger partial charge on any atom is 0.410 e. The molecule has 0 N–H and O–H groups in total. The number of fused-ring (bicyclic) bond motifs is 1. The van der Waals surface area contributed by atoms with Gasteiger partial charge in [0.05, 0.1) is 4.92 Å². The molecular weight excluding hydrogens is 340 g/mol. The fourth-order valence-electron chi connectivity index (χ4n) is 2.87. The molecule has 1 aliphatic heterocycles. The first kappa shape index (κ1) is 18.0. The first-order chi connectivity index (χ1) is 12.1. The van der Waals surface area contributed by atoms with Crippen molar-refractivity contribution < 1.29 is 18.9 Å². The third-order valence-electron chi connectivity index (χ3n) is 4.10. The lowest BCUT2D eigenvalue weighted by Gasteiger charge is -2.39. The minimum Gasteiger partial charge on any atom is -0.444 e. The van der Waals surface area contributed by atoms with Gasteiger partial charge >= 0.3 is 6.09 Å². The van der Waals surface area contributed by atoms with Crippen molar-refractivity contribution in [3.8, 4) is 0 Å². The van der Waals surface area contributed by atoms with Gasteiger partial charge in [0.25, 0.3) is 11.7 Å². The summed E-state index contributed by atoms with van der Waals surface area (Å²) in [6.45, 7) is 8.97. The Balaban J connectivity index is 1.74. The normalized spacial score (nSPS) is 18.2. The number of ether oxygens (including phenoxy) is 1. The Morgan fingerprint density at radius 3 is 2.73 bits per heavy atom. The van der Waals surface area contributed by atoms with Crippen LogP contribution in [0.4, 0.5) is 16.5 Å². The van der Waals surface area contributed by atoms with Crippen LogP contribution in [-0.4, -0.2) is 52.2 Å². The van der Waals surface area contributed by atoms with E-state index in [0.717, 1.165) is 0 Å². The third-order valence-corrected chi connectivity index (χ3v) is 4.10. The molecule has 3 rings (SSSR count). The van der Waals surface area contributed by atoms with Crippen LogP contribution in [-0.2, 0) is 4.74 Å². The molecule has 1 amide bonds. The standard InChI is InChI=1S/C17H22N4O5/c1-11-10-19(16(22)26-17(2,3)4)7-8-20(11)15-18-13-9-12(21(23)24)5-6-14(13)25-15/h5-6,9,11H,7-8,10H2,1-4H3. The van der Waals surface area contributed by atoms with E-state index in [9.17, 15) is 14.9 Å². The number of nitro benzene ring substituents is 1. The van der Waals surface area contributed by atoms with Gasteiger partial charge in [0.2, 0.25) is 0 Å². The highest BCUT2D eigenvalue weighted by Crippen LogP contribution is 2.28. The van der Waals surface area contributed by atoms with Gasteiger partial charge in [-0.3, -0.25) is 10.1 Å². The van der Waals surface area contributed by atoms with Crippen LogP contribution in [0.25, 0.3) is 11.1 Å². The Labute approximate surface area is 150 Å². The molecule has 2 heterocycles. The summed E-state index contributed by atoms with van der Waals surface area (Å²) in [5, 5.41) is 10.9. The Hall–Kier alpha value is -2.84. The molecule has 9 nitrogen and oxygen atoms in total. The van der Waals surface area contributed by atoms with Gasteiger partial charge < -0.3 is 19.0 Å². The van der Waals surface area contributed by atoms with Gasteiger partial charge in [0.15, 0.2) is 5.58 Å². The van der Waals surface area contributed by atoms with Gasteiger partial charge in [-0.25, -0.2) is 4.79 Å². The summed E-state index contributed by atoms with van der Waals surface area (Å²) in [6, 6.07) is 4.70. The molecule has 1 unspecified atom stereocenters. The predicted octanol–water partition coefficient (Wildman–Crippen LogP) is 3.18. The summed E-state index contributed by atoms with van der Waals surface area (Å²) in [4.78, 5) is 30.7. The Morgan fingerprint density at radius 1 is 1.38 bits per heavy atom. The predicted molar refractivity (Wildman–Crippen MR) is 95.3 cm³/mol. The summed E-state index contributed by atoms with van der Waals surface area (Å²) in [7, 11) is 0. The first-order valence-corrected chi connectivity index (χ1v) is 8.43. The number of hydrogen-bond donors (Lipinski definition) is 0. The van der Waals surface area contributed by atoms with Crippen LogP contribution >= 0.6 is 0 Å². The molecule has 0 bridgehead atoms. The van der Waals surface area contributed by atoms with E-state index < -0.39 is 10.5 Å². The number of benzene rings is 1. The van der Waals surface area contributed by atoms with Gasteiger partial charge in [0.1, 0.15) is 11.1 Å². The molecule has 0 radical (unpaired) electrons. The van der Waals surface area contributed by atoms with E-state index >= 15 is 0 Å². The second kappa shape index (κ2) is 6.47. The number of carbonyl (C=O) groups is 1. The molecule has 140 valence electrons. The van der Waals surface area contributed by atoms with E-state index in [1.54, 1.807) is 11.0 Å². The van der Waals surface area contributed by atoms with E-state index in [1.807, 2.05) is 32.6 Å². The van der Waals surface area contributed by atoms with E-state index in [1.165, 1.54) is 12.1 Å². The number of nitrogens with zero attached hydrogens (tertiary/aromatic N) is 4. The summed E-state index contributed by atoms with van der Waals surface area (Å²) >= 11 is 0. The van der Waals surface area contributed by atoms with Gasteiger partial charge in [-0.1, -0.05) is 0 Å². The van der Waals surface area contributed by atoms with E-state index in [-0.39, 0.29) is 17.8 Å². The van der Waals surface area contributed by atoms with Crippen molar-refractivity contribution in [3.63, 3.8) is 0 Å². The van der Waals surface area contributed by atoms with Crippen molar-refractivity contribution in [3.05, 3.63) is 28.3 Å². The molecule has 1 aliphatic rings. The van der Waals surface area contributed by atoms with Crippen molar-refractivity contribution in [2.24, 2.45) is 0 Å². The van der Waals surface area contributed by atoms with Gasteiger partial charge in [-0.15, -0.1) is 0 Å². The van der Waals surface area contributed by atoms with Crippen LogP contribution in [0.5, 0.6) is 0 Å². The van der Waals surface area contributed by atoms with Crippen molar-refractivity contribution in [1.29, 1.82) is 0 Å². The lowest BCUT2D eigenvalue weighted by molar-refractivity contribution is -0.384. The number of nitro groups is 1. The lowest BCUT2D eigenvalue weighted by atomic mass is 10.2. The number of oxazole rings is 1. The third kappa shape index (κ3) is 3.71. The Kier molecular flexibility index (Phi) is 4.47. The largest absolute Gasteiger partial charge is 0.444 e. The summed E-state index contributed by atoms with van der Waals surface area (Å²) in [5.74, 6) is 0. The topological polar surface area (TPSA) is 102 Å². The zero-order chi connectivity index (χ0) is 19.1. The maximum absolute atomic E-state index is 12.2. The SMILES string of the molecule is CC1CN(C(=O)OC(C)(C)C)CCN1c1nc2cc([N+](=O)[O-])ccc2o1. The highest BCUT2D eigenvalue weighted by atomic mass is 16.6. The number of hydrogen-bond acceptors (Lipinski definition) is 7. The van der Waals surface area contributed by atoms with Crippen molar-refractivity contribution >= 4 is 28.9 Å². The molecular formula is C17H22N4O5. The molecule has 1 saturated heterocycles. The van der Waals surface area contributed by atoms with Crippen LogP contribution in [0.2, 0.25) is 0 Å². The summed E-state index contributed by atoms with van der Waals surface area (Å²) in [6.07, 6.45) is -0.336. The minimum atomic E-state index is -0.535. The summed E-state index contributed by atoms with van der Waals surface area (Å²) in [5.41, 5.74) is 0.371. The molecule has 9 heteroatoms. The zero-order valence-corrected chi connectivity index (χ0v) is 15.3. The van der Waals surface area contributed by atoms with Gasteiger partial charge in [-0.2, -0.15) is 4.98 Å². The van der Waals surface area contributed by atoms with Crippen molar-refractivity contribution in [2.45, 2.75) is 39.3 Å². The number of non-ortho nitro benzene ring substituents is 1. The molecule has 1 atom stereocenters. The number of anilines is 1. The molecule has 0 spiro atoms. The fourth-order valence-corrected chi connectivity index (χ4v) is 2.87. The Bertz CT molecular complexity index is 841. The maximum atomic E-state index is 12.2. The second-order valence-electron chi connectivity index (χ2n) is 7.37. The highest BCUT2D eigenvalue weighted by Gasteiger charge is 2.32. The number of rotatable bonds is 2. The fraction of sp³-hybridized carbons (Fsp3) is 0.529.